The maximum absolute atomic E-state index is 12.4. The molecule has 2 aliphatic heterocycles. The van der Waals surface area contributed by atoms with Crippen LogP contribution in [0.3, 0.4) is 0 Å². The third-order valence-corrected chi connectivity index (χ3v) is 6.36. The molecule has 2 saturated heterocycles. The quantitative estimate of drug-likeness (QED) is 0.689. The number of aryl methyl sites for hydroxylation is 1. The van der Waals surface area contributed by atoms with Crippen LogP contribution in [0.5, 0.6) is 0 Å². The molecule has 4 rings (SSSR count). The van der Waals surface area contributed by atoms with Gasteiger partial charge < -0.3 is 15.0 Å². The minimum absolute atomic E-state index is 0.226. The van der Waals surface area contributed by atoms with Gasteiger partial charge >= 0.3 is 6.09 Å². The first-order valence-corrected chi connectivity index (χ1v) is 11.6. The lowest BCUT2D eigenvalue weighted by molar-refractivity contribution is -0.134. The number of likely N-dealkylation sites (tertiary alicyclic amines) is 1. The molecule has 2 aromatic rings. The van der Waals surface area contributed by atoms with Gasteiger partial charge in [-0.2, -0.15) is 5.10 Å². The van der Waals surface area contributed by atoms with E-state index in [0.717, 1.165) is 23.0 Å². The lowest BCUT2D eigenvalue weighted by atomic mass is 9.92. The van der Waals surface area contributed by atoms with Crippen LogP contribution in [-0.2, 0) is 21.4 Å². The van der Waals surface area contributed by atoms with Crippen molar-refractivity contribution >= 4 is 34.5 Å². The van der Waals surface area contributed by atoms with Crippen LogP contribution in [0.2, 0.25) is 0 Å². The molecule has 3 amide bonds. The molecule has 2 fully saturated rings. The Kier molecular flexibility index (Phi) is 6.07. The van der Waals surface area contributed by atoms with Crippen LogP contribution in [0.4, 0.5) is 10.5 Å². The second kappa shape index (κ2) is 8.68. The number of nitrogens with one attached hydrogen (secondary N) is 2. The van der Waals surface area contributed by atoms with Crippen molar-refractivity contribution in [2.45, 2.75) is 64.5 Å². The number of piperidine rings is 2. The summed E-state index contributed by atoms with van der Waals surface area (Å²) in [6, 6.07) is 6.27. The van der Waals surface area contributed by atoms with Gasteiger partial charge in [-0.3, -0.25) is 19.6 Å². The molecule has 0 bridgehead atoms. The van der Waals surface area contributed by atoms with Crippen LogP contribution in [0.15, 0.2) is 18.2 Å². The zero-order valence-corrected chi connectivity index (χ0v) is 20.0. The van der Waals surface area contributed by atoms with E-state index in [-0.39, 0.29) is 29.9 Å². The summed E-state index contributed by atoms with van der Waals surface area (Å²) in [5, 5.41) is 11.6. The van der Waals surface area contributed by atoms with Gasteiger partial charge in [0.1, 0.15) is 5.60 Å². The van der Waals surface area contributed by atoms with Gasteiger partial charge in [0, 0.05) is 43.7 Å². The number of rotatable bonds is 3. The molecule has 3 heterocycles. The standard InChI is InChI=1S/C24H33N5O4/c1-14-13-29(23(32)33-24(2,3)4)11-10-18(14)25-15-6-7-16-19(12-15)28(5)27-21(16)17-8-9-20(30)26-22(17)31/h6-7,12,14,17-18,25H,8-11,13H2,1-5H3,(H,26,30,31)/t14-,17?,18-/m1/s1. The number of hydrogen-bond acceptors (Lipinski definition) is 6. The number of carbonyl (C=O) groups excluding carboxylic acids is 3. The molecule has 3 atom stereocenters. The summed E-state index contributed by atoms with van der Waals surface area (Å²) in [5.74, 6) is -0.663. The largest absolute Gasteiger partial charge is 0.444 e. The summed E-state index contributed by atoms with van der Waals surface area (Å²) in [6.45, 7) is 9.05. The average Bonchev–Trinajstić information content (AvgIpc) is 3.04. The number of fused-ring (bicyclic) bond motifs is 1. The molecule has 0 radical (unpaired) electrons. The summed E-state index contributed by atoms with van der Waals surface area (Å²) in [4.78, 5) is 38.0. The highest BCUT2D eigenvalue weighted by Crippen LogP contribution is 2.32. The number of carbonyl (C=O) groups is 3. The van der Waals surface area contributed by atoms with Gasteiger partial charge in [0.25, 0.3) is 0 Å². The predicted octanol–water partition coefficient (Wildman–Crippen LogP) is 3.15. The molecule has 1 unspecified atom stereocenters. The number of nitrogens with zero attached hydrogens (tertiary/aromatic N) is 3. The van der Waals surface area contributed by atoms with Crippen LogP contribution in [0, 0.1) is 5.92 Å². The molecular weight excluding hydrogens is 422 g/mol. The molecule has 1 aromatic heterocycles. The minimum atomic E-state index is -0.499. The van der Waals surface area contributed by atoms with E-state index >= 15 is 0 Å². The molecule has 2 N–H and O–H groups in total. The normalized spacial score (nSPS) is 24.0. The van der Waals surface area contributed by atoms with Crippen LogP contribution >= 0.6 is 0 Å². The van der Waals surface area contributed by atoms with Crippen molar-refractivity contribution in [1.82, 2.24) is 20.0 Å². The minimum Gasteiger partial charge on any atom is -0.444 e. The third kappa shape index (κ3) is 4.96. The topological polar surface area (TPSA) is 106 Å². The van der Waals surface area contributed by atoms with E-state index in [4.69, 9.17) is 4.74 Å². The SMILES string of the molecule is C[C@@H]1CN(C(=O)OC(C)(C)C)CC[C@H]1Nc1ccc2c(C3CCC(=O)NC3=O)nn(C)c2c1. The lowest BCUT2D eigenvalue weighted by Crippen LogP contribution is -2.48. The number of benzene rings is 1. The predicted molar refractivity (Wildman–Crippen MR) is 125 cm³/mol. The number of imide groups is 1. The highest BCUT2D eigenvalue weighted by Gasteiger charge is 2.33. The molecule has 0 spiro atoms. The molecular formula is C24H33N5O4. The first-order chi connectivity index (χ1) is 15.5. The Morgan fingerprint density at radius 3 is 2.67 bits per heavy atom. The first-order valence-electron chi connectivity index (χ1n) is 11.6. The monoisotopic (exact) mass is 455 g/mol. The fourth-order valence-electron chi connectivity index (χ4n) is 4.65. The van der Waals surface area contributed by atoms with Crippen molar-refractivity contribution in [1.29, 1.82) is 0 Å². The molecule has 9 nitrogen and oxygen atoms in total. The van der Waals surface area contributed by atoms with Crippen molar-refractivity contribution < 1.29 is 19.1 Å². The summed E-state index contributed by atoms with van der Waals surface area (Å²) in [5.41, 5.74) is 2.12. The molecule has 9 heteroatoms. The molecule has 1 aromatic carbocycles. The molecule has 178 valence electrons. The molecule has 2 aliphatic rings. The Morgan fingerprint density at radius 2 is 2.00 bits per heavy atom. The van der Waals surface area contributed by atoms with E-state index < -0.39 is 11.5 Å². The molecule has 33 heavy (non-hydrogen) atoms. The van der Waals surface area contributed by atoms with Crippen molar-refractivity contribution in [3.63, 3.8) is 0 Å². The smallest absolute Gasteiger partial charge is 0.410 e. The second-order valence-electron chi connectivity index (χ2n) is 10.2. The van der Waals surface area contributed by atoms with Gasteiger partial charge in [0.2, 0.25) is 11.8 Å². The average molecular weight is 456 g/mol. The Morgan fingerprint density at radius 1 is 1.24 bits per heavy atom. The zero-order chi connectivity index (χ0) is 23.9. The van der Waals surface area contributed by atoms with Gasteiger partial charge in [-0.1, -0.05) is 6.92 Å². The number of hydrogen-bond donors (Lipinski definition) is 2. The van der Waals surface area contributed by atoms with E-state index in [2.05, 4.69) is 22.7 Å². The summed E-state index contributed by atoms with van der Waals surface area (Å²) >= 11 is 0. The van der Waals surface area contributed by atoms with Gasteiger partial charge in [-0.25, -0.2) is 4.79 Å². The Hall–Kier alpha value is -3.10. The van der Waals surface area contributed by atoms with Gasteiger partial charge in [0.05, 0.1) is 17.1 Å². The zero-order valence-electron chi connectivity index (χ0n) is 20.0. The third-order valence-electron chi connectivity index (χ3n) is 6.36. The maximum atomic E-state index is 12.4. The highest BCUT2D eigenvalue weighted by molar-refractivity contribution is 6.02. The molecule has 0 aliphatic carbocycles. The van der Waals surface area contributed by atoms with Crippen LogP contribution in [-0.4, -0.2) is 57.3 Å². The maximum Gasteiger partial charge on any atom is 0.410 e. The van der Waals surface area contributed by atoms with Gasteiger partial charge in [-0.05, 0) is 57.7 Å². The van der Waals surface area contributed by atoms with Crippen LogP contribution in [0.25, 0.3) is 10.9 Å². The van der Waals surface area contributed by atoms with Crippen LogP contribution < -0.4 is 10.6 Å². The van der Waals surface area contributed by atoms with Gasteiger partial charge in [-0.15, -0.1) is 0 Å². The van der Waals surface area contributed by atoms with Crippen molar-refractivity contribution in [2.24, 2.45) is 13.0 Å². The fraction of sp³-hybridized carbons (Fsp3) is 0.583. The fourth-order valence-corrected chi connectivity index (χ4v) is 4.65. The van der Waals surface area contributed by atoms with Crippen molar-refractivity contribution in [2.75, 3.05) is 18.4 Å². The summed E-state index contributed by atoms with van der Waals surface area (Å²) < 4.78 is 7.30. The Bertz CT molecular complexity index is 1090. The van der Waals surface area contributed by atoms with E-state index in [9.17, 15) is 14.4 Å². The first kappa shape index (κ1) is 23.1. The van der Waals surface area contributed by atoms with Crippen LogP contribution in [0.1, 0.15) is 58.6 Å². The summed E-state index contributed by atoms with van der Waals surface area (Å²) in [7, 11) is 1.86. The number of aromatic nitrogens is 2. The lowest BCUT2D eigenvalue weighted by Gasteiger charge is -2.38. The number of ether oxygens (including phenoxy) is 1. The summed E-state index contributed by atoms with van der Waals surface area (Å²) in [6.07, 6.45) is 1.37. The van der Waals surface area contributed by atoms with Crippen molar-refractivity contribution in [3.05, 3.63) is 23.9 Å². The Balaban J connectivity index is 1.46. The van der Waals surface area contributed by atoms with Crippen molar-refractivity contribution in [3.8, 4) is 0 Å². The second-order valence-corrected chi connectivity index (χ2v) is 10.2. The van der Waals surface area contributed by atoms with Gasteiger partial charge in [0.15, 0.2) is 0 Å². The Labute approximate surface area is 193 Å². The number of amides is 3. The van der Waals surface area contributed by atoms with E-state index in [0.29, 0.717) is 31.6 Å². The van der Waals surface area contributed by atoms with E-state index in [1.807, 2.05) is 46.0 Å². The molecule has 0 saturated carbocycles. The van der Waals surface area contributed by atoms with E-state index in [1.165, 1.54) is 0 Å². The van der Waals surface area contributed by atoms with E-state index in [1.54, 1.807) is 9.58 Å². The number of anilines is 1. The highest BCUT2D eigenvalue weighted by atomic mass is 16.6.